The summed E-state index contributed by atoms with van der Waals surface area (Å²) in [5.41, 5.74) is 0.676. The summed E-state index contributed by atoms with van der Waals surface area (Å²) in [6.45, 7) is 0.488. The molecule has 2 unspecified atom stereocenters. The van der Waals surface area contributed by atoms with Crippen LogP contribution in [0.4, 0.5) is 0 Å². The highest BCUT2D eigenvalue weighted by atomic mass is 16.4. The highest BCUT2D eigenvalue weighted by Crippen LogP contribution is 2.29. The van der Waals surface area contributed by atoms with E-state index in [1.165, 1.54) is 6.07 Å². The Kier molecular flexibility index (Phi) is 3.83. The van der Waals surface area contributed by atoms with E-state index in [2.05, 4.69) is 5.32 Å². The molecule has 2 aliphatic heterocycles. The van der Waals surface area contributed by atoms with E-state index in [-0.39, 0.29) is 35.9 Å². The maximum atomic E-state index is 12.7. The predicted octanol–water partition coefficient (Wildman–Crippen LogP) is 0.807. The standard InChI is InChI=1S/C16H18N2O4/c19-14-8-11-5-6-12(9-17-14)18(11)15(20)7-10-3-1-2-4-13(10)16(21)22/h1-4,11-12H,5-9H2,(H,17,19)(H,21,22). The van der Waals surface area contributed by atoms with Gasteiger partial charge < -0.3 is 15.3 Å². The van der Waals surface area contributed by atoms with Gasteiger partial charge in [0, 0.05) is 25.0 Å². The lowest BCUT2D eigenvalue weighted by molar-refractivity contribution is -0.133. The third kappa shape index (κ3) is 2.68. The number of aromatic carboxylic acids is 1. The summed E-state index contributed by atoms with van der Waals surface area (Å²) in [5, 5.41) is 12.0. The molecule has 116 valence electrons. The third-order valence-electron chi connectivity index (χ3n) is 4.45. The van der Waals surface area contributed by atoms with E-state index < -0.39 is 5.97 Å². The Morgan fingerprint density at radius 2 is 1.95 bits per heavy atom. The van der Waals surface area contributed by atoms with Gasteiger partial charge in [-0.1, -0.05) is 18.2 Å². The lowest BCUT2D eigenvalue weighted by Crippen LogP contribution is -2.43. The number of amides is 2. The van der Waals surface area contributed by atoms with Crippen molar-refractivity contribution in [1.82, 2.24) is 10.2 Å². The summed E-state index contributed by atoms with van der Waals surface area (Å²) in [7, 11) is 0. The predicted molar refractivity (Wildman–Crippen MR) is 78.4 cm³/mol. The van der Waals surface area contributed by atoms with Crippen molar-refractivity contribution in [2.24, 2.45) is 0 Å². The minimum Gasteiger partial charge on any atom is -0.478 e. The highest BCUT2D eigenvalue weighted by Gasteiger charge is 2.40. The zero-order valence-electron chi connectivity index (χ0n) is 12.1. The first-order valence-electron chi connectivity index (χ1n) is 7.45. The molecule has 6 heteroatoms. The van der Waals surface area contributed by atoms with E-state index in [1.54, 1.807) is 23.1 Å². The summed E-state index contributed by atoms with van der Waals surface area (Å²) in [5.74, 6) is -1.15. The zero-order valence-corrected chi connectivity index (χ0v) is 12.1. The summed E-state index contributed by atoms with van der Waals surface area (Å²) >= 11 is 0. The molecule has 0 saturated carbocycles. The number of rotatable bonds is 3. The van der Waals surface area contributed by atoms with E-state index in [4.69, 9.17) is 0 Å². The Bertz CT molecular complexity index is 628. The molecule has 22 heavy (non-hydrogen) atoms. The van der Waals surface area contributed by atoms with Gasteiger partial charge in [0.05, 0.1) is 12.0 Å². The summed E-state index contributed by atoms with van der Waals surface area (Å²) in [6.07, 6.45) is 2.12. The average molecular weight is 302 g/mol. The third-order valence-corrected chi connectivity index (χ3v) is 4.45. The fourth-order valence-corrected chi connectivity index (χ4v) is 3.42. The van der Waals surface area contributed by atoms with Crippen LogP contribution < -0.4 is 5.32 Å². The highest BCUT2D eigenvalue weighted by molar-refractivity contribution is 5.92. The molecule has 1 aromatic carbocycles. The number of carbonyl (C=O) groups is 3. The van der Waals surface area contributed by atoms with Crippen LogP contribution in [0.2, 0.25) is 0 Å². The van der Waals surface area contributed by atoms with Gasteiger partial charge in [-0.2, -0.15) is 0 Å². The Morgan fingerprint density at radius 1 is 1.23 bits per heavy atom. The molecule has 2 bridgehead atoms. The normalized spacial score (nSPS) is 23.8. The Morgan fingerprint density at radius 3 is 2.73 bits per heavy atom. The maximum Gasteiger partial charge on any atom is 0.335 e. The number of carbonyl (C=O) groups excluding carboxylic acids is 2. The lowest BCUT2D eigenvalue weighted by atomic mass is 10.0. The fourth-order valence-electron chi connectivity index (χ4n) is 3.42. The summed E-state index contributed by atoms with van der Waals surface area (Å²) in [6, 6.07) is 6.53. The number of hydrogen-bond donors (Lipinski definition) is 2. The molecule has 0 radical (unpaired) electrons. The van der Waals surface area contributed by atoms with E-state index in [0.29, 0.717) is 18.5 Å². The molecule has 0 spiro atoms. The Balaban J connectivity index is 1.80. The van der Waals surface area contributed by atoms with Gasteiger partial charge in [-0.3, -0.25) is 9.59 Å². The first-order valence-corrected chi connectivity index (χ1v) is 7.45. The van der Waals surface area contributed by atoms with E-state index in [1.807, 2.05) is 0 Å². The molecule has 2 heterocycles. The number of fused-ring (bicyclic) bond motifs is 2. The van der Waals surface area contributed by atoms with Crippen LogP contribution >= 0.6 is 0 Å². The first-order chi connectivity index (χ1) is 10.6. The van der Waals surface area contributed by atoms with Crippen LogP contribution in [-0.2, 0) is 16.0 Å². The summed E-state index contributed by atoms with van der Waals surface area (Å²) in [4.78, 5) is 37.3. The minimum absolute atomic E-state index is 0.0177. The summed E-state index contributed by atoms with van der Waals surface area (Å²) < 4.78 is 0. The van der Waals surface area contributed by atoms with Gasteiger partial charge >= 0.3 is 5.97 Å². The van der Waals surface area contributed by atoms with Gasteiger partial charge in [-0.05, 0) is 24.5 Å². The van der Waals surface area contributed by atoms with Crippen molar-refractivity contribution in [2.45, 2.75) is 37.8 Å². The van der Waals surface area contributed by atoms with Gasteiger partial charge in [0.15, 0.2) is 0 Å². The number of benzene rings is 1. The van der Waals surface area contributed by atoms with Crippen molar-refractivity contribution in [3.05, 3.63) is 35.4 Å². The van der Waals surface area contributed by atoms with Crippen molar-refractivity contribution in [2.75, 3.05) is 6.54 Å². The van der Waals surface area contributed by atoms with Crippen molar-refractivity contribution in [3.63, 3.8) is 0 Å². The number of nitrogens with zero attached hydrogens (tertiary/aromatic N) is 1. The van der Waals surface area contributed by atoms with Gasteiger partial charge in [0.1, 0.15) is 0 Å². The molecule has 6 nitrogen and oxygen atoms in total. The second-order valence-electron chi connectivity index (χ2n) is 5.83. The maximum absolute atomic E-state index is 12.7. The van der Waals surface area contributed by atoms with Gasteiger partial charge in [-0.25, -0.2) is 4.79 Å². The number of nitrogens with one attached hydrogen (secondary N) is 1. The van der Waals surface area contributed by atoms with Crippen LogP contribution in [0.1, 0.15) is 35.2 Å². The first kappa shape index (κ1) is 14.6. The van der Waals surface area contributed by atoms with E-state index in [0.717, 1.165) is 12.8 Å². The molecule has 2 amide bonds. The molecular formula is C16H18N2O4. The molecule has 3 rings (SSSR count). The van der Waals surface area contributed by atoms with Crippen LogP contribution in [0.3, 0.4) is 0 Å². The Hall–Kier alpha value is -2.37. The Labute approximate surface area is 128 Å². The topological polar surface area (TPSA) is 86.7 Å². The second-order valence-corrected chi connectivity index (χ2v) is 5.83. The molecule has 2 fully saturated rings. The van der Waals surface area contributed by atoms with Crippen molar-refractivity contribution in [1.29, 1.82) is 0 Å². The smallest absolute Gasteiger partial charge is 0.335 e. The second kappa shape index (κ2) is 5.79. The van der Waals surface area contributed by atoms with Gasteiger partial charge in [0.25, 0.3) is 0 Å². The van der Waals surface area contributed by atoms with Crippen molar-refractivity contribution < 1.29 is 19.5 Å². The zero-order chi connectivity index (χ0) is 15.7. The van der Waals surface area contributed by atoms with Crippen LogP contribution in [0.25, 0.3) is 0 Å². The van der Waals surface area contributed by atoms with E-state index >= 15 is 0 Å². The average Bonchev–Trinajstić information content (AvgIpc) is 2.79. The van der Waals surface area contributed by atoms with Gasteiger partial charge in [-0.15, -0.1) is 0 Å². The quantitative estimate of drug-likeness (QED) is 0.865. The molecular weight excluding hydrogens is 284 g/mol. The molecule has 0 aliphatic carbocycles. The lowest BCUT2D eigenvalue weighted by Gasteiger charge is -2.27. The van der Waals surface area contributed by atoms with Crippen LogP contribution in [0, 0.1) is 0 Å². The number of carboxylic acids is 1. The number of hydrogen-bond acceptors (Lipinski definition) is 3. The van der Waals surface area contributed by atoms with Gasteiger partial charge in [0.2, 0.25) is 11.8 Å². The minimum atomic E-state index is -1.03. The monoisotopic (exact) mass is 302 g/mol. The SMILES string of the molecule is O=C1CC2CCC(CN1)N2C(=O)Cc1ccccc1C(=O)O. The fraction of sp³-hybridized carbons (Fsp3) is 0.438. The van der Waals surface area contributed by atoms with Crippen molar-refractivity contribution >= 4 is 17.8 Å². The van der Waals surface area contributed by atoms with Crippen LogP contribution in [-0.4, -0.2) is 46.4 Å². The molecule has 2 N–H and O–H groups in total. The largest absolute Gasteiger partial charge is 0.478 e. The van der Waals surface area contributed by atoms with Crippen molar-refractivity contribution in [3.8, 4) is 0 Å². The molecule has 2 saturated heterocycles. The molecule has 1 aromatic rings. The molecule has 0 aromatic heterocycles. The van der Waals surface area contributed by atoms with E-state index in [9.17, 15) is 19.5 Å². The van der Waals surface area contributed by atoms with Crippen LogP contribution in [0.15, 0.2) is 24.3 Å². The molecule has 2 aliphatic rings. The number of carboxylic acid groups (broad SMARTS) is 1. The van der Waals surface area contributed by atoms with Crippen LogP contribution in [0.5, 0.6) is 0 Å². The molecule has 2 atom stereocenters.